The first-order valence-electron chi connectivity index (χ1n) is 6.22. The van der Waals surface area contributed by atoms with Gasteiger partial charge in [0.05, 0.1) is 6.42 Å². The number of allylic oxidation sites excluding steroid dienone is 1. The minimum atomic E-state index is -0.00458. The molecule has 1 saturated carbocycles. The van der Waals surface area contributed by atoms with Crippen LogP contribution in [0.15, 0.2) is 11.6 Å². The Balaban J connectivity index is 1.71. The SMILES string of the molecule is O=C(CC1=CCCC1)OC1CCCCC1. The second-order valence-electron chi connectivity index (χ2n) is 4.68. The van der Waals surface area contributed by atoms with Gasteiger partial charge in [0.2, 0.25) is 0 Å². The largest absolute Gasteiger partial charge is 0.462 e. The van der Waals surface area contributed by atoms with Gasteiger partial charge < -0.3 is 4.74 Å². The maximum atomic E-state index is 11.6. The monoisotopic (exact) mass is 208 g/mol. The van der Waals surface area contributed by atoms with Gasteiger partial charge in [-0.3, -0.25) is 4.79 Å². The lowest BCUT2D eigenvalue weighted by Crippen LogP contribution is -2.20. The van der Waals surface area contributed by atoms with E-state index in [0.717, 1.165) is 25.7 Å². The van der Waals surface area contributed by atoms with E-state index >= 15 is 0 Å². The lowest BCUT2D eigenvalue weighted by molar-refractivity contribution is -0.149. The molecule has 0 aliphatic heterocycles. The molecule has 0 aromatic rings. The topological polar surface area (TPSA) is 26.3 Å². The molecule has 0 radical (unpaired) electrons. The Morgan fingerprint density at radius 1 is 1.27 bits per heavy atom. The van der Waals surface area contributed by atoms with Crippen LogP contribution in [0.2, 0.25) is 0 Å². The summed E-state index contributed by atoms with van der Waals surface area (Å²) in [4.78, 5) is 11.6. The molecule has 2 nitrogen and oxygen atoms in total. The summed E-state index contributed by atoms with van der Waals surface area (Å²) in [5, 5.41) is 0. The molecule has 0 unspecified atom stereocenters. The predicted octanol–water partition coefficient (Wildman–Crippen LogP) is 3.36. The van der Waals surface area contributed by atoms with E-state index < -0.39 is 0 Å². The minimum absolute atomic E-state index is 0.00458. The van der Waals surface area contributed by atoms with Gasteiger partial charge in [0.1, 0.15) is 6.10 Å². The van der Waals surface area contributed by atoms with Crippen LogP contribution in [0.5, 0.6) is 0 Å². The summed E-state index contributed by atoms with van der Waals surface area (Å²) in [6.45, 7) is 0. The fraction of sp³-hybridized carbons (Fsp3) is 0.769. The minimum Gasteiger partial charge on any atom is -0.462 e. The van der Waals surface area contributed by atoms with Crippen molar-refractivity contribution in [2.75, 3.05) is 0 Å². The summed E-state index contributed by atoms with van der Waals surface area (Å²) in [5.74, 6) is -0.00458. The molecule has 0 heterocycles. The van der Waals surface area contributed by atoms with Gasteiger partial charge in [0.25, 0.3) is 0 Å². The van der Waals surface area contributed by atoms with Crippen LogP contribution in [0.25, 0.3) is 0 Å². The van der Waals surface area contributed by atoms with Crippen LogP contribution in [0.4, 0.5) is 0 Å². The average Bonchev–Trinajstić information content (AvgIpc) is 2.71. The summed E-state index contributed by atoms with van der Waals surface area (Å²) in [6.07, 6.45) is 12.3. The molecule has 84 valence electrons. The molecule has 0 N–H and O–H groups in total. The quantitative estimate of drug-likeness (QED) is 0.525. The Bertz CT molecular complexity index is 249. The van der Waals surface area contributed by atoms with Gasteiger partial charge in [0, 0.05) is 0 Å². The first-order chi connectivity index (χ1) is 7.34. The van der Waals surface area contributed by atoms with Crippen molar-refractivity contribution < 1.29 is 9.53 Å². The normalized spacial score (nSPS) is 22.5. The van der Waals surface area contributed by atoms with Crippen LogP contribution in [0.3, 0.4) is 0 Å². The van der Waals surface area contributed by atoms with Crippen molar-refractivity contribution in [3.8, 4) is 0 Å². The molecule has 0 spiro atoms. The molecule has 0 aromatic heterocycles. The van der Waals surface area contributed by atoms with Crippen molar-refractivity contribution in [1.82, 2.24) is 0 Å². The summed E-state index contributed by atoms with van der Waals surface area (Å²) >= 11 is 0. The smallest absolute Gasteiger partial charge is 0.310 e. The zero-order valence-corrected chi connectivity index (χ0v) is 9.34. The van der Waals surface area contributed by atoms with Crippen LogP contribution in [0, 0.1) is 0 Å². The summed E-state index contributed by atoms with van der Waals surface area (Å²) in [6, 6.07) is 0. The van der Waals surface area contributed by atoms with E-state index in [0.29, 0.717) is 6.42 Å². The zero-order chi connectivity index (χ0) is 10.5. The number of carbonyl (C=O) groups is 1. The zero-order valence-electron chi connectivity index (χ0n) is 9.34. The van der Waals surface area contributed by atoms with Crippen LogP contribution >= 0.6 is 0 Å². The van der Waals surface area contributed by atoms with Crippen molar-refractivity contribution >= 4 is 5.97 Å². The first kappa shape index (κ1) is 10.7. The fourth-order valence-electron chi connectivity index (χ4n) is 2.49. The lowest BCUT2D eigenvalue weighted by Gasteiger charge is -2.21. The lowest BCUT2D eigenvalue weighted by atomic mass is 9.98. The third-order valence-corrected chi connectivity index (χ3v) is 3.36. The molecule has 15 heavy (non-hydrogen) atoms. The summed E-state index contributed by atoms with van der Waals surface area (Å²) in [7, 11) is 0. The Morgan fingerprint density at radius 2 is 2.07 bits per heavy atom. The highest BCUT2D eigenvalue weighted by molar-refractivity contribution is 5.72. The van der Waals surface area contributed by atoms with Gasteiger partial charge in [-0.15, -0.1) is 0 Å². The van der Waals surface area contributed by atoms with Gasteiger partial charge in [0.15, 0.2) is 0 Å². The second-order valence-corrected chi connectivity index (χ2v) is 4.68. The van der Waals surface area contributed by atoms with Gasteiger partial charge >= 0.3 is 5.97 Å². The van der Waals surface area contributed by atoms with Crippen molar-refractivity contribution in [2.45, 2.75) is 63.9 Å². The molecule has 0 aromatic carbocycles. The van der Waals surface area contributed by atoms with E-state index in [1.165, 1.54) is 31.3 Å². The van der Waals surface area contributed by atoms with Gasteiger partial charge in [-0.25, -0.2) is 0 Å². The van der Waals surface area contributed by atoms with Crippen molar-refractivity contribution in [3.05, 3.63) is 11.6 Å². The predicted molar refractivity (Wildman–Crippen MR) is 59.5 cm³/mol. The summed E-state index contributed by atoms with van der Waals surface area (Å²) < 4.78 is 5.47. The van der Waals surface area contributed by atoms with Gasteiger partial charge in [-0.1, -0.05) is 18.1 Å². The molecule has 0 bridgehead atoms. The van der Waals surface area contributed by atoms with E-state index in [9.17, 15) is 4.79 Å². The molecular weight excluding hydrogens is 188 g/mol. The molecular formula is C13H20O2. The molecule has 0 amide bonds. The van der Waals surface area contributed by atoms with Crippen LogP contribution < -0.4 is 0 Å². The number of carbonyl (C=O) groups excluding carboxylic acids is 1. The number of rotatable bonds is 3. The van der Waals surface area contributed by atoms with Crippen LogP contribution in [0.1, 0.15) is 57.8 Å². The van der Waals surface area contributed by atoms with E-state index in [-0.39, 0.29) is 12.1 Å². The summed E-state index contributed by atoms with van der Waals surface area (Å²) in [5.41, 5.74) is 1.29. The van der Waals surface area contributed by atoms with Gasteiger partial charge in [-0.05, 0) is 44.9 Å². The van der Waals surface area contributed by atoms with Crippen LogP contribution in [-0.4, -0.2) is 12.1 Å². The maximum Gasteiger partial charge on any atom is 0.310 e. The molecule has 0 atom stereocenters. The molecule has 2 heteroatoms. The number of esters is 1. The number of ether oxygens (including phenoxy) is 1. The third-order valence-electron chi connectivity index (χ3n) is 3.36. The third kappa shape index (κ3) is 3.37. The van der Waals surface area contributed by atoms with Crippen LogP contribution in [-0.2, 0) is 9.53 Å². The highest BCUT2D eigenvalue weighted by Crippen LogP contribution is 2.24. The van der Waals surface area contributed by atoms with Gasteiger partial charge in [-0.2, -0.15) is 0 Å². The Kier molecular flexibility index (Phi) is 3.81. The molecule has 0 saturated heterocycles. The highest BCUT2D eigenvalue weighted by Gasteiger charge is 2.18. The molecule has 1 fully saturated rings. The van der Waals surface area contributed by atoms with E-state index in [4.69, 9.17) is 4.74 Å². The molecule has 2 rings (SSSR count). The number of hydrogen-bond acceptors (Lipinski definition) is 2. The average molecular weight is 208 g/mol. The fourth-order valence-corrected chi connectivity index (χ4v) is 2.49. The Hall–Kier alpha value is -0.790. The highest BCUT2D eigenvalue weighted by atomic mass is 16.5. The van der Waals surface area contributed by atoms with Crippen molar-refractivity contribution in [1.29, 1.82) is 0 Å². The maximum absolute atomic E-state index is 11.6. The Labute approximate surface area is 91.7 Å². The molecule has 2 aliphatic rings. The second kappa shape index (κ2) is 5.34. The van der Waals surface area contributed by atoms with E-state index in [1.54, 1.807) is 0 Å². The van der Waals surface area contributed by atoms with Crippen molar-refractivity contribution in [3.63, 3.8) is 0 Å². The number of hydrogen-bond donors (Lipinski definition) is 0. The Morgan fingerprint density at radius 3 is 2.73 bits per heavy atom. The first-order valence-corrected chi connectivity index (χ1v) is 6.22. The standard InChI is InChI=1S/C13H20O2/c14-13(10-11-6-4-5-7-11)15-12-8-2-1-3-9-12/h6,12H,1-5,7-10H2. The van der Waals surface area contributed by atoms with E-state index in [2.05, 4.69) is 6.08 Å². The molecule has 2 aliphatic carbocycles. The van der Waals surface area contributed by atoms with Crippen molar-refractivity contribution in [2.24, 2.45) is 0 Å². The van der Waals surface area contributed by atoms with E-state index in [1.807, 2.05) is 0 Å².